The van der Waals surface area contributed by atoms with Crippen molar-refractivity contribution in [2.75, 3.05) is 0 Å². The highest BCUT2D eigenvalue weighted by molar-refractivity contribution is 6.27. The van der Waals surface area contributed by atoms with Crippen LogP contribution in [0.25, 0.3) is 99.4 Å². The van der Waals surface area contributed by atoms with E-state index in [1.807, 2.05) is 0 Å². The van der Waals surface area contributed by atoms with Crippen LogP contribution in [0, 0.1) is 0 Å². The van der Waals surface area contributed by atoms with Crippen molar-refractivity contribution in [2.24, 2.45) is 0 Å². The van der Waals surface area contributed by atoms with E-state index in [2.05, 4.69) is 206 Å². The Hall–Kier alpha value is -6.76. The fourth-order valence-corrected chi connectivity index (χ4v) is 8.28. The summed E-state index contributed by atoms with van der Waals surface area (Å²) in [7, 11) is 0. The molecule has 10 aromatic rings. The van der Waals surface area contributed by atoms with Crippen molar-refractivity contribution in [3.05, 3.63) is 205 Å². The van der Waals surface area contributed by atoms with Crippen molar-refractivity contribution in [3.8, 4) is 33.4 Å². The van der Waals surface area contributed by atoms with Crippen LogP contribution in [0.4, 0.5) is 0 Å². The standard InChI is InChI=1S/C52H34/c1-2-14-36(15-3-1)42-33-32-37(41-18-8-9-21-45(41)42)29-26-35-27-30-38(31-28-35)50-46-22-10-12-24-48(46)52(49-25-13-11-23-47(49)50)51-43-19-6-4-16-39(43)34-40-17-5-7-20-44(40)51/h1-34H. The van der Waals surface area contributed by atoms with Crippen molar-refractivity contribution < 1.29 is 0 Å². The molecular weight excluding hydrogens is 625 g/mol. The molecule has 0 saturated heterocycles. The minimum Gasteiger partial charge on any atom is -0.0622 e. The second-order valence-electron chi connectivity index (χ2n) is 13.6. The van der Waals surface area contributed by atoms with Gasteiger partial charge >= 0.3 is 0 Å². The summed E-state index contributed by atoms with van der Waals surface area (Å²) in [5, 5.41) is 12.7. The average molecular weight is 659 g/mol. The highest BCUT2D eigenvalue weighted by atomic mass is 14.2. The van der Waals surface area contributed by atoms with Gasteiger partial charge in [0.1, 0.15) is 0 Å². The molecule has 10 aromatic carbocycles. The van der Waals surface area contributed by atoms with Gasteiger partial charge in [0.25, 0.3) is 0 Å². The van der Waals surface area contributed by atoms with Crippen LogP contribution in [-0.2, 0) is 0 Å². The number of hydrogen-bond acceptors (Lipinski definition) is 0. The molecule has 0 aliphatic heterocycles. The fourth-order valence-electron chi connectivity index (χ4n) is 8.28. The van der Waals surface area contributed by atoms with E-state index < -0.39 is 0 Å². The Morgan fingerprint density at radius 2 is 0.731 bits per heavy atom. The lowest BCUT2D eigenvalue weighted by Gasteiger charge is -2.20. The highest BCUT2D eigenvalue weighted by Gasteiger charge is 2.19. The first-order valence-electron chi connectivity index (χ1n) is 18.0. The molecule has 0 radical (unpaired) electrons. The zero-order valence-corrected chi connectivity index (χ0v) is 28.6. The number of rotatable bonds is 5. The second kappa shape index (κ2) is 12.5. The molecule has 0 atom stereocenters. The van der Waals surface area contributed by atoms with Crippen LogP contribution in [0.15, 0.2) is 194 Å². The summed E-state index contributed by atoms with van der Waals surface area (Å²) in [6.45, 7) is 0. The minimum atomic E-state index is 1.17. The molecular formula is C52H34. The lowest BCUT2D eigenvalue weighted by molar-refractivity contribution is 1.63. The summed E-state index contributed by atoms with van der Waals surface area (Å²) in [5.74, 6) is 0. The van der Waals surface area contributed by atoms with E-state index in [1.54, 1.807) is 0 Å². The summed E-state index contributed by atoms with van der Waals surface area (Å²) in [5.41, 5.74) is 9.99. The maximum atomic E-state index is 2.32. The third-order valence-corrected chi connectivity index (χ3v) is 10.7. The van der Waals surface area contributed by atoms with Crippen LogP contribution < -0.4 is 0 Å². The maximum Gasteiger partial charge on any atom is -0.00139 e. The molecule has 0 spiro atoms. The first-order valence-corrected chi connectivity index (χ1v) is 18.0. The zero-order chi connectivity index (χ0) is 34.4. The van der Waals surface area contributed by atoms with Gasteiger partial charge in [-0.25, -0.2) is 0 Å². The van der Waals surface area contributed by atoms with E-state index >= 15 is 0 Å². The second-order valence-corrected chi connectivity index (χ2v) is 13.6. The van der Waals surface area contributed by atoms with Gasteiger partial charge in [0, 0.05) is 0 Å². The first kappa shape index (κ1) is 30.1. The largest absolute Gasteiger partial charge is 0.0622 e. The van der Waals surface area contributed by atoms with Gasteiger partial charge in [-0.2, -0.15) is 0 Å². The van der Waals surface area contributed by atoms with E-state index in [-0.39, 0.29) is 0 Å². The van der Waals surface area contributed by atoms with Crippen molar-refractivity contribution in [2.45, 2.75) is 0 Å². The van der Waals surface area contributed by atoms with Crippen molar-refractivity contribution in [3.63, 3.8) is 0 Å². The Kier molecular flexibility index (Phi) is 7.25. The molecule has 0 aliphatic carbocycles. The summed E-state index contributed by atoms with van der Waals surface area (Å²) < 4.78 is 0. The molecule has 0 aromatic heterocycles. The molecule has 0 unspecified atom stereocenters. The van der Waals surface area contributed by atoms with Gasteiger partial charge in [-0.1, -0.05) is 200 Å². The molecule has 242 valence electrons. The Morgan fingerprint density at radius 3 is 1.33 bits per heavy atom. The maximum absolute atomic E-state index is 2.32. The molecule has 0 amide bonds. The summed E-state index contributed by atoms with van der Waals surface area (Å²) in [6.07, 6.45) is 4.49. The van der Waals surface area contributed by atoms with Crippen LogP contribution in [0.2, 0.25) is 0 Å². The number of hydrogen-bond donors (Lipinski definition) is 0. The van der Waals surface area contributed by atoms with Crippen LogP contribution >= 0.6 is 0 Å². The van der Waals surface area contributed by atoms with Crippen LogP contribution in [0.3, 0.4) is 0 Å². The smallest absolute Gasteiger partial charge is 0.00139 e. The minimum absolute atomic E-state index is 1.17. The molecule has 10 rings (SSSR count). The van der Waals surface area contributed by atoms with E-state index in [9.17, 15) is 0 Å². The Balaban J connectivity index is 1.11. The topological polar surface area (TPSA) is 0 Å². The predicted octanol–water partition coefficient (Wildman–Crippen LogP) is 14.6. The lowest BCUT2D eigenvalue weighted by atomic mass is 9.83. The van der Waals surface area contributed by atoms with Gasteiger partial charge in [-0.05, 0) is 104 Å². The average Bonchev–Trinajstić information content (AvgIpc) is 3.22. The molecule has 0 nitrogen and oxygen atoms in total. The van der Waals surface area contributed by atoms with Crippen LogP contribution in [0.1, 0.15) is 11.1 Å². The molecule has 0 fully saturated rings. The summed E-state index contributed by atoms with van der Waals surface area (Å²) >= 11 is 0. The van der Waals surface area contributed by atoms with Crippen LogP contribution in [-0.4, -0.2) is 0 Å². The van der Waals surface area contributed by atoms with E-state index in [4.69, 9.17) is 0 Å². The highest BCUT2D eigenvalue weighted by Crippen LogP contribution is 2.47. The lowest BCUT2D eigenvalue weighted by Crippen LogP contribution is -1.93. The third-order valence-electron chi connectivity index (χ3n) is 10.7. The van der Waals surface area contributed by atoms with Gasteiger partial charge in [-0.15, -0.1) is 0 Å². The fraction of sp³-hybridized carbons (Fsp3) is 0. The predicted molar refractivity (Wildman–Crippen MR) is 226 cm³/mol. The quantitative estimate of drug-likeness (QED) is 0.128. The van der Waals surface area contributed by atoms with Crippen molar-refractivity contribution in [1.82, 2.24) is 0 Å². The molecule has 0 saturated carbocycles. The SMILES string of the molecule is C(=Cc1ccc(-c2ccccc2)c2ccccc12)c1ccc(-c2c3ccccc3c(-c3c4ccccc4cc4ccccc34)c3ccccc23)cc1. The number of fused-ring (bicyclic) bond motifs is 5. The van der Waals surface area contributed by atoms with Gasteiger partial charge in [0.05, 0.1) is 0 Å². The normalized spacial score (nSPS) is 11.8. The third kappa shape index (κ3) is 5.00. The van der Waals surface area contributed by atoms with Crippen molar-refractivity contribution in [1.29, 1.82) is 0 Å². The Bertz CT molecular complexity index is 2870. The molecule has 0 heterocycles. The van der Waals surface area contributed by atoms with E-state index in [1.165, 1.54) is 98.4 Å². The number of benzene rings is 10. The molecule has 0 heteroatoms. The molecule has 0 bridgehead atoms. The molecule has 52 heavy (non-hydrogen) atoms. The van der Waals surface area contributed by atoms with Gasteiger partial charge in [-0.3, -0.25) is 0 Å². The zero-order valence-electron chi connectivity index (χ0n) is 28.6. The summed E-state index contributed by atoms with van der Waals surface area (Å²) in [4.78, 5) is 0. The molecule has 0 N–H and O–H groups in total. The van der Waals surface area contributed by atoms with E-state index in [0.717, 1.165) is 0 Å². The molecule has 0 aliphatic rings. The van der Waals surface area contributed by atoms with Crippen LogP contribution in [0.5, 0.6) is 0 Å². The first-order chi connectivity index (χ1) is 25.8. The van der Waals surface area contributed by atoms with Crippen molar-refractivity contribution >= 4 is 66.0 Å². The Morgan fingerprint density at radius 1 is 0.269 bits per heavy atom. The van der Waals surface area contributed by atoms with Gasteiger partial charge < -0.3 is 0 Å². The Labute approximate surface area is 303 Å². The van der Waals surface area contributed by atoms with Gasteiger partial charge in [0.15, 0.2) is 0 Å². The summed E-state index contributed by atoms with van der Waals surface area (Å²) in [6, 6.07) is 70.8. The van der Waals surface area contributed by atoms with E-state index in [0.29, 0.717) is 0 Å². The monoisotopic (exact) mass is 658 g/mol. The van der Waals surface area contributed by atoms with Gasteiger partial charge in [0.2, 0.25) is 0 Å².